The van der Waals surface area contributed by atoms with E-state index in [1.54, 1.807) is 29.8 Å². The molecular formula is C18H18N4O2S. The molecule has 0 unspecified atom stereocenters. The molecule has 3 aromatic rings. The molecule has 1 amide bonds. The number of aryl methyl sites for hydroxylation is 1. The van der Waals surface area contributed by atoms with Crippen LogP contribution in [-0.4, -0.2) is 20.4 Å². The first kappa shape index (κ1) is 17.0. The molecular weight excluding hydrogens is 336 g/mol. The van der Waals surface area contributed by atoms with Gasteiger partial charge in [-0.1, -0.05) is 6.07 Å². The van der Waals surface area contributed by atoms with E-state index >= 15 is 0 Å². The number of hydrogen-bond acceptors (Lipinski definition) is 5. The van der Waals surface area contributed by atoms with E-state index in [9.17, 15) is 9.59 Å². The zero-order valence-corrected chi connectivity index (χ0v) is 14.6. The van der Waals surface area contributed by atoms with Gasteiger partial charge in [0.1, 0.15) is 6.54 Å². The highest BCUT2D eigenvalue weighted by Crippen LogP contribution is 2.21. The van der Waals surface area contributed by atoms with Gasteiger partial charge in [-0.25, -0.2) is 9.78 Å². The summed E-state index contributed by atoms with van der Waals surface area (Å²) in [6.45, 7) is 1.90. The standard InChI is InChI=1S/C18H18N4O2S/c1-13-4-2-6-19-17(13)15(10-14-5-9-25-12-14)21-16(23)11-22-8-3-7-20-18(22)24/h2-9,12,15H,10-11H2,1H3,(H,21,23)/t15-/m0/s1. The number of aromatic nitrogens is 3. The Hall–Kier alpha value is -2.80. The normalized spacial score (nSPS) is 11.9. The number of nitrogens with zero attached hydrogens (tertiary/aromatic N) is 3. The van der Waals surface area contributed by atoms with E-state index in [0.717, 1.165) is 16.8 Å². The van der Waals surface area contributed by atoms with Crippen LogP contribution in [0.2, 0.25) is 0 Å². The van der Waals surface area contributed by atoms with Crippen LogP contribution < -0.4 is 11.0 Å². The first-order chi connectivity index (χ1) is 12.1. The largest absolute Gasteiger partial charge is 0.347 e. The molecule has 3 aromatic heterocycles. The Morgan fingerprint density at radius 3 is 2.84 bits per heavy atom. The maximum atomic E-state index is 12.5. The van der Waals surface area contributed by atoms with E-state index in [-0.39, 0.29) is 18.5 Å². The van der Waals surface area contributed by atoms with Gasteiger partial charge in [0.25, 0.3) is 0 Å². The van der Waals surface area contributed by atoms with E-state index in [1.165, 1.54) is 10.8 Å². The first-order valence-electron chi connectivity index (χ1n) is 7.87. The molecule has 0 saturated carbocycles. The first-order valence-corrected chi connectivity index (χ1v) is 8.81. The van der Waals surface area contributed by atoms with Crippen molar-refractivity contribution in [2.75, 3.05) is 0 Å². The third kappa shape index (κ3) is 4.39. The van der Waals surface area contributed by atoms with Gasteiger partial charge < -0.3 is 5.32 Å². The van der Waals surface area contributed by atoms with Crippen molar-refractivity contribution in [3.8, 4) is 0 Å². The summed E-state index contributed by atoms with van der Waals surface area (Å²) in [4.78, 5) is 32.3. The van der Waals surface area contributed by atoms with Gasteiger partial charge >= 0.3 is 5.69 Å². The summed E-state index contributed by atoms with van der Waals surface area (Å²) >= 11 is 1.62. The van der Waals surface area contributed by atoms with Crippen LogP contribution >= 0.6 is 11.3 Å². The molecule has 0 aliphatic carbocycles. The molecule has 1 atom stereocenters. The Balaban J connectivity index is 1.80. The second-order valence-corrected chi connectivity index (χ2v) is 6.47. The van der Waals surface area contributed by atoms with Crippen LogP contribution in [0.5, 0.6) is 0 Å². The summed E-state index contributed by atoms with van der Waals surface area (Å²) in [6, 6.07) is 7.25. The number of amides is 1. The fraction of sp³-hybridized carbons (Fsp3) is 0.222. The van der Waals surface area contributed by atoms with Crippen LogP contribution in [0.25, 0.3) is 0 Å². The van der Waals surface area contributed by atoms with Crippen molar-refractivity contribution in [1.82, 2.24) is 19.9 Å². The molecule has 0 spiro atoms. The van der Waals surface area contributed by atoms with Crippen molar-refractivity contribution in [3.05, 3.63) is 80.9 Å². The quantitative estimate of drug-likeness (QED) is 0.735. The molecule has 6 nitrogen and oxygen atoms in total. The number of carbonyl (C=O) groups is 1. The molecule has 0 aromatic carbocycles. The number of nitrogens with one attached hydrogen (secondary N) is 1. The average molecular weight is 354 g/mol. The number of carbonyl (C=O) groups excluding carboxylic acids is 1. The maximum Gasteiger partial charge on any atom is 0.347 e. The van der Waals surface area contributed by atoms with Gasteiger partial charge in [0.05, 0.1) is 11.7 Å². The van der Waals surface area contributed by atoms with Crippen molar-refractivity contribution in [3.63, 3.8) is 0 Å². The molecule has 1 N–H and O–H groups in total. The van der Waals surface area contributed by atoms with Crippen LogP contribution in [-0.2, 0) is 17.8 Å². The predicted molar refractivity (Wildman–Crippen MR) is 96.4 cm³/mol. The summed E-state index contributed by atoms with van der Waals surface area (Å²) in [5.41, 5.74) is 2.54. The average Bonchev–Trinajstić information content (AvgIpc) is 3.10. The van der Waals surface area contributed by atoms with Crippen LogP contribution in [0.3, 0.4) is 0 Å². The third-order valence-corrected chi connectivity index (χ3v) is 4.56. The summed E-state index contributed by atoms with van der Waals surface area (Å²) in [6.07, 6.45) is 5.33. The second-order valence-electron chi connectivity index (χ2n) is 5.69. The summed E-state index contributed by atoms with van der Waals surface area (Å²) in [5, 5.41) is 7.07. The number of rotatable bonds is 6. The fourth-order valence-corrected chi connectivity index (χ4v) is 3.31. The Morgan fingerprint density at radius 1 is 1.28 bits per heavy atom. The minimum Gasteiger partial charge on any atom is -0.346 e. The SMILES string of the molecule is Cc1cccnc1[C@H](Cc1ccsc1)NC(=O)Cn1cccnc1=O. The van der Waals surface area contributed by atoms with Gasteiger partial charge in [0, 0.05) is 18.6 Å². The molecule has 7 heteroatoms. The Labute approximate surface area is 149 Å². The van der Waals surface area contributed by atoms with Crippen LogP contribution in [0.1, 0.15) is 22.9 Å². The number of thiophene rings is 1. The molecule has 0 bridgehead atoms. The predicted octanol–water partition coefficient (Wildman–Crippen LogP) is 2.11. The van der Waals surface area contributed by atoms with Crippen molar-refractivity contribution >= 4 is 17.2 Å². The van der Waals surface area contributed by atoms with E-state index in [0.29, 0.717) is 6.42 Å². The topological polar surface area (TPSA) is 76.9 Å². The van der Waals surface area contributed by atoms with E-state index in [4.69, 9.17) is 0 Å². The summed E-state index contributed by atoms with van der Waals surface area (Å²) in [7, 11) is 0. The molecule has 0 radical (unpaired) electrons. The highest BCUT2D eigenvalue weighted by atomic mass is 32.1. The molecule has 3 rings (SSSR count). The summed E-state index contributed by atoms with van der Waals surface area (Å²) in [5.74, 6) is -0.250. The van der Waals surface area contributed by atoms with Crippen LogP contribution in [0.15, 0.2) is 58.4 Å². The van der Waals surface area contributed by atoms with Crippen molar-refractivity contribution in [1.29, 1.82) is 0 Å². The zero-order chi connectivity index (χ0) is 17.6. The lowest BCUT2D eigenvalue weighted by Crippen LogP contribution is -2.36. The van der Waals surface area contributed by atoms with Crippen molar-refractivity contribution in [2.24, 2.45) is 0 Å². The van der Waals surface area contributed by atoms with E-state index < -0.39 is 5.69 Å². The van der Waals surface area contributed by atoms with E-state index in [1.807, 2.05) is 30.5 Å². The zero-order valence-electron chi connectivity index (χ0n) is 13.8. The van der Waals surface area contributed by atoms with Gasteiger partial charge in [-0.15, -0.1) is 0 Å². The van der Waals surface area contributed by atoms with Crippen LogP contribution in [0, 0.1) is 6.92 Å². The Morgan fingerprint density at radius 2 is 2.12 bits per heavy atom. The fourth-order valence-electron chi connectivity index (χ4n) is 2.63. The second kappa shape index (κ2) is 7.85. The Kier molecular flexibility index (Phi) is 5.35. The molecule has 0 aliphatic heterocycles. The van der Waals surface area contributed by atoms with Crippen molar-refractivity contribution in [2.45, 2.75) is 25.9 Å². The Bertz CT molecular complexity index is 905. The smallest absolute Gasteiger partial charge is 0.346 e. The minimum atomic E-state index is -0.443. The number of pyridine rings is 1. The van der Waals surface area contributed by atoms with Gasteiger partial charge in [0.15, 0.2) is 0 Å². The molecule has 25 heavy (non-hydrogen) atoms. The lowest BCUT2D eigenvalue weighted by molar-refractivity contribution is -0.122. The van der Waals surface area contributed by atoms with Crippen LogP contribution in [0.4, 0.5) is 0 Å². The molecule has 3 heterocycles. The van der Waals surface area contributed by atoms with Gasteiger partial charge in [-0.3, -0.25) is 14.3 Å². The molecule has 128 valence electrons. The summed E-state index contributed by atoms with van der Waals surface area (Å²) < 4.78 is 1.28. The molecule has 0 aliphatic rings. The number of hydrogen-bond donors (Lipinski definition) is 1. The third-order valence-electron chi connectivity index (χ3n) is 3.83. The van der Waals surface area contributed by atoms with Gasteiger partial charge in [0.2, 0.25) is 5.91 Å². The van der Waals surface area contributed by atoms with E-state index in [2.05, 4.69) is 20.7 Å². The van der Waals surface area contributed by atoms with Gasteiger partial charge in [-0.2, -0.15) is 11.3 Å². The monoisotopic (exact) mass is 354 g/mol. The molecule has 0 saturated heterocycles. The highest BCUT2D eigenvalue weighted by Gasteiger charge is 2.19. The minimum absolute atomic E-state index is 0.0707. The van der Waals surface area contributed by atoms with Gasteiger partial charge in [-0.05, 0) is 53.4 Å². The highest BCUT2D eigenvalue weighted by molar-refractivity contribution is 7.07. The lowest BCUT2D eigenvalue weighted by Gasteiger charge is -2.20. The molecule has 0 fully saturated rings. The maximum absolute atomic E-state index is 12.5. The lowest BCUT2D eigenvalue weighted by atomic mass is 10.0. The van der Waals surface area contributed by atoms with Crippen molar-refractivity contribution < 1.29 is 4.79 Å².